The van der Waals surface area contributed by atoms with Gasteiger partial charge in [-0.3, -0.25) is 4.79 Å². The first kappa shape index (κ1) is 17.6. The van der Waals surface area contributed by atoms with Crippen LogP contribution in [0, 0.1) is 5.92 Å². The summed E-state index contributed by atoms with van der Waals surface area (Å²) in [5.74, 6) is 0.919. The minimum absolute atomic E-state index is 0.0632. The van der Waals surface area contributed by atoms with Crippen LogP contribution >= 0.6 is 0 Å². The molecule has 2 aliphatic heterocycles. The maximum atomic E-state index is 12.7. The highest BCUT2D eigenvalue weighted by molar-refractivity contribution is 5.79. The Labute approximate surface area is 148 Å². The lowest BCUT2D eigenvalue weighted by atomic mass is 9.95. The van der Waals surface area contributed by atoms with Crippen LogP contribution in [0.2, 0.25) is 0 Å². The Hall–Kier alpha value is -2.24. The second-order valence-corrected chi connectivity index (χ2v) is 6.61. The van der Waals surface area contributed by atoms with Gasteiger partial charge in [0.2, 0.25) is 5.91 Å². The minimum atomic E-state index is -0.259. The Balaban J connectivity index is 1.51. The van der Waals surface area contributed by atoms with E-state index in [0.717, 1.165) is 30.6 Å². The number of carbonyl (C=O) groups is 2. The zero-order valence-electron chi connectivity index (χ0n) is 14.7. The average molecular weight is 346 g/mol. The fraction of sp³-hybridized carbons (Fsp3) is 0.579. The Morgan fingerprint density at radius 1 is 1.24 bits per heavy atom. The number of rotatable bonds is 3. The first-order valence-corrected chi connectivity index (χ1v) is 9.10. The smallest absolute Gasteiger partial charge is 0.409 e. The van der Waals surface area contributed by atoms with Gasteiger partial charge in [0.1, 0.15) is 5.75 Å². The second kappa shape index (κ2) is 8.23. The van der Waals surface area contributed by atoms with Crippen LogP contribution in [0.1, 0.15) is 31.7 Å². The Morgan fingerprint density at radius 2 is 2.00 bits per heavy atom. The molecule has 1 fully saturated rings. The number of nitrogens with one attached hydrogen (secondary N) is 1. The number of para-hydroxylation sites is 1. The summed E-state index contributed by atoms with van der Waals surface area (Å²) >= 11 is 0. The SMILES string of the molecule is CCOC(=O)N1CCC(NC(=O)[C@H]2CCOc3ccccc3C2)CC1. The van der Waals surface area contributed by atoms with Gasteiger partial charge in [-0.1, -0.05) is 18.2 Å². The lowest BCUT2D eigenvalue weighted by Crippen LogP contribution is -2.48. The number of ether oxygens (including phenoxy) is 2. The van der Waals surface area contributed by atoms with Crippen molar-refractivity contribution in [3.8, 4) is 5.75 Å². The van der Waals surface area contributed by atoms with Crippen LogP contribution in [-0.4, -0.2) is 49.2 Å². The van der Waals surface area contributed by atoms with Crippen LogP contribution in [0.5, 0.6) is 5.75 Å². The predicted molar refractivity (Wildman–Crippen MR) is 93.5 cm³/mol. The highest BCUT2D eigenvalue weighted by Gasteiger charge is 2.28. The number of benzene rings is 1. The van der Waals surface area contributed by atoms with E-state index in [-0.39, 0.29) is 24.0 Å². The van der Waals surface area contributed by atoms with Crippen molar-refractivity contribution in [3.05, 3.63) is 29.8 Å². The summed E-state index contributed by atoms with van der Waals surface area (Å²) in [7, 11) is 0. The topological polar surface area (TPSA) is 67.9 Å². The third-order valence-corrected chi connectivity index (χ3v) is 4.90. The van der Waals surface area contributed by atoms with Crippen molar-refractivity contribution in [2.75, 3.05) is 26.3 Å². The number of piperidine rings is 1. The van der Waals surface area contributed by atoms with Crippen LogP contribution < -0.4 is 10.1 Å². The number of hydrogen-bond donors (Lipinski definition) is 1. The summed E-state index contributed by atoms with van der Waals surface area (Å²) in [5.41, 5.74) is 1.09. The molecule has 0 aliphatic carbocycles. The fourth-order valence-corrected chi connectivity index (χ4v) is 3.46. The van der Waals surface area contributed by atoms with Gasteiger partial charge in [-0.25, -0.2) is 4.79 Å². The van der Waals surface area contributed by atoms with Crippen molar-refractivity contribution in [3.63, 3.8) is 0 Å². The molecule has 0 aromatic heterocycles. The van der Waals surface area contributed by atoms with Gasteiger partial charge in [0.15, 0.2) is 0 Å². The highest BCUT2D eigenvalue weighted by Crippen LogP contribution is 2.27. The zero-order valence-corrected chi connectivity index (χ0v) is 14.7. The van der Waals surface area contributed by atoms with E-state index in [9.17, 15) is 9.59 Å². The van der Waals surface area contributed by atoms with Crippen molar-refractivity contribution >= 4 is 12.0 Å². The molecule has 1 N–H and O–H groups in total. The number of hydrogen-bond acceptors (Lipinski definition) is 4. The fourth-order valence-electron chi connectivity index (χ4n) is 3.46. The van der Waals surface area contributed by atoms with E-state index >= 15 is 0 Å². The van der Waals surface area contributed by atoms with E-state index in [1.165, 1.54) is 0 Å². The quantitative estimate of drug-likeness (QED) is 0.912. The van der Waals surface area contributed by atoms with Crippen LogP contribution in [0.3, 0.4) is 0 Å². The summed E-state index contributed by atoms with van der Waals surface area (Å²) in [4.78, 5) is 26.1. The van der Waals surface area contributed by atoms with Crippen molar-refractivity contribution in [1.82, 2.24) is 10.2 Å². The number of likely N-dealkylation sites (tertiary alicyclic amines) is 1. The highest BCUT2D eigenvalue weighted by atomic mass is 16.6. The molecule has 1 aromatic rings. The van der Waals surface area contributed by atoms with Crippen LogP contribution in [-0.2, 0) is 16.0 Å². The first-order valence-electron chi connectivity index (χ1n) is 9.10. The van der Waals surface area contributed by atoms with Gasteiger partial charge in [0, 0.05) is 25.0 Å². The molecule has 0 unspecified atom stereocenters. The lowest BCUT2D eigenvalue weighted by molar-refractivity contribution is -0.126. The number of amides is 2. The Bertz CT molecular complexity index is 611. The molecule has 1 saturated heterocycles. The molecule has 6 heteroatoms. The van der Waals surface area contributed by atoms with Crippen LogP contribution in [0.15, 0.2) is 24.3 Å². The summed E-state index contributed by atoms with van der Waals surface area (Å²) in [5, 5.41) is 3.17. The summed E-state index contributed by atoms with van der Waals surface area (Å²) in [6.45, 7) is 4.01. The van der Waals surface area contributed by atoms with Crippen LogP contribution in [0.4, 0.5) is 4.79 Å². The molecule has 6 nitrogen and oxygen atoms in total. The standard InChI is InChI=1S/C19H26N2O4/c1-2-24-19(23)21-10-7-16(8-11-21)20-18(22)15-9-12-25-17-6-4-3-5-14(17)13-15/h3-6,15-16H,2,7-13H2,1H3,(H,20,22)/t15-/m0/s1. The maximum Gasteiger partial charge on any atom is 0.409 e. The molecule has 0 radical (unpaired) electrons. The van der Waals surface area contributed by atoms with E-state index in [4.69, 9.17) is 9.47 Å². The van der Waals surface area contributed by atoms with Crippen molar-refractivity contribution < 1.29 is 19.1 Å². The maximum absolute atomic E-state index is 12.7. The van der Waals surface area contributed by atoms with Gasteiger partial charge in [0.25, 0.3) is 0 Å². The Morgan fingerprint density at radius 3 is 2.76 bits per heavy atom. The van der Waals surface area contributed by atoms with E-state index in [0.29, 0.717) is 32.7 Å². The molecule has 2 aliphatic rings. The molecular formula is C19H26N2O4. The summed E-state index contributed by atoms with van der Waals surface area (Å²) < 4.78 is 10.8. The molecule has 3 rings (SSSR count). The molecule has 1 aromatic carbocycles. The normalized spacial score (nSPS) is 20.8. The van der Waals surface area contributed by atoms with Gasteiger partial charge in [-0.2, -0.15) is 0 Å². The molecule has 25 heavy (non-hydrogen) atoms. The number of fused-ring (bicyclic) bond motifs is 1. The number of nitrogens with zero attached hydrogens (tertiary/aromatic N) is 1. The molecular weight excluding hydrogens is 320 g/mol. The second-order valence-electron chi connectivity index (χ2n) is 6.61. The van der Waals surface area contributed by atoms with Gasteiger partial charge in [0.05, 0.1) is 13.2 Å². The third-order valence-electron chi connectivity index (χ3n) is 4.90. The largest absolute Gasteiger partial charge is 0.493 e. The van der Waals surface area contributed by atoms with E-state index in [2.05, 4.69) is 5.32 Å². The molecule has 0 saturated carbocycles. The van der Waals surface area contributed by atoms with Gasteiger partial charge >= 0.3 is 6.09 Å². The van der Waals surface area contributed by atoms with E-state index in [1.807, 2.05) is 24.3 Å². The Kier molecular flexibility index (Phi) is 5.79. The van der Waals surface area contributed by atoms with Crippen molar-refractivity contribution in [1.29, 1.82) is 0 Å². The lowest BCUT2D eigenvalue weighted by Gasteiger charge is -2.32. The predicted octanol–water partition coefficient (Wildman–Crippen LogP) is 2.36. The zero-order chi connectivity index (χ0) is 17.6. The van der Waals surface area contributed by atoms with E-state index < -0.39 is 0 Å². The monoisotopic (exact) mass is 346 g/mol. The van der Waals surface area contributed by atoms with Crippen molar-refractivity contribution in [2.24, 2.45) is 5.92 Å². The molecule has 1 atom stereocenters. The molecule has 136 valence electrons. The van der Waals surface area contributed by atoms with E-state index in [1.54, 1.807) is 11.8 Å². The van der Waals surface area contributed by atoms with Crippen LogP contribution in [0.25, 0.3) is 0 Å². The molecule has 2 amide bonds. The van der Waals surface area contributed by atoms with Gasteiger partial charge in [-0.15, -0.1) is 0 Å². The summed E-state index contributed by atoms with van der Waals surface area (Å²) in [6.07, 6.45) is 2.71. The summed E-state index contributed by atoms with van der Waals surface area (Å²) in [6, 6.07) is 8.04. The average Bonchev–Trinajstić information content (AvgIpc) is 2.85. The van der Waals surface area contributed by atoms with Gasteiger partial charge < -0.3 is 19.7 Å². The molecule has 2 heterocycles. The third kappa shape index (κ3) is 4.44. The minimum Gasteiger partial charge on any atom is -0.493 e. The first-order chi connectivity index (χ1) is 12.2. The molecule has 0 bridgehead atoms. The van der Waals surface area contributed by atoms with Crippen molar-refractivity contribution in [2.45, 2.75) is 38.6 Å². The molecule has 0 spiro atoms. The van der Waals surface area contributed by atoms with Gasteiger partial charge in [-0.05, 0) is 44.2 Å². The number of carbonyl (C=O) groups excluding carboxylic acids is 2.